The SMILES string of the molecule is O=C(Nc1ccc2c(c1)C(c1ccncc1)NN2)C1CNCCO1. The minimum Gasteiger partial charge on any atom is -0.366 e. The number of benzene rings is 1. The summed E-state index contributed by atoms with van der Waals surface area (Å²) in [5, 5.41) is 6.10. The van der Waals surface area contributed by atoms with E-state index < -0.39 is 6.10 Å². The molecule has 7 nitrogen and oxygen atoms in total. The Bertz CT molecular complexity index is 731. The van der Waals surface area contributed by atoms with Gasteiger partial charge in [0.15, 0.2) is 0 Å². The van der Waals surface area contributed by atoms with Crippen molar-refractivity contribution < 1.29 is 9.53 Å². The van der Waals surface area contributed by atoms with E-state index in [0.717, 1.165) is 29.0 Å². The van der Waals surface area contributed by atoms with Crippen molar-refractivity contribution in [3.05, 3.63) is 53.9 Å². The van der Waals surface area contributed by atoms with Gasteiger partial charge in [0.05, 0.1) is 18.3 Å². The van der Waals surface area contributed by atoms with Crippen molar-refractivity contribution in [1.82, 2.24) is 15.7 Å². The molecule has 1 saturated heterocycles. The van der Waals surface area contributed by atoms with Gasteiger partial charge in [0.2, 0.25) is 0 Å². The van der Waals surface area contributed by atoms with Crippen LogP contribution in [0.5, 0.6) is 0 Å². The highest BCUT2D eigenvalue weighted by Gasteiger charge is 2.25. The topological polar surface area (TPSA) is 87.3 Å². The molecule has 24 heavy (non-hydrogen) atoms. The number of ether oxygens (including phenoxy) is 1. The van der Waals surface area contributed by atoms with E-state index in [4.69, 9.17) is 4.74 Å². The Labute approximate surface area is 139 Å². The average Bonchev–Trinajstić information content (AvgIpc) is 3.06. The van der Waals surface area contributed by atoms with Gasteiger partial charge in [0.25, 0.3) is 5.91 Å². The highest BCUT2D eigenvalue weighted by Crippen LogP contribution is 2.34. The molecule has 1 aromatic heterocycles. The monoisotopic (exact) mass is 325 g/mol. The number of pyridine rings is 1. The molecule has 2 aliphatic rings. The van der Waals surface area contributed by atoms with E-state index in [-0.39, 0.29) is 11.9 Å². The van der Waals surface area contributed by atoms with Crippen LogP contribution in [0.3, 0.4) is 0 Å². The molecule has 1 aromatic carbocycles. The molecule has 1 amide bonds. The molecule has 0 spiro atoms. The minimum absolute atomic E-state index is 0.0208. The van der Waals surface area contributed by atoms with Crippen LogP contribution in [0.2, 0.25) is 0 Å². The fourth-order valence-electron chi connectivity index (χ4n) is 3.00. The number of carbonyl (C=O) groups excluding carboxylic acids is 1. The number of hydrazine groups is 1. The number of morpholine rings is 1. The van der Waals surface area contributed by atoms with Gasteiger partial charge in [-0.1, -0.05) is 0 Å². The Hall–Kier alpha value is -2.48. The van der Waals surface area contributed by atoms with Crippen molar-refractivity contribution in [1.29, 1.82) is 0 Å². The van der Waals surface area contributed by atoms with Crippen LogP contribution in [0.4, 0.5) is 11.4 Å². The van der Waals surface area contributed by atoms with E-state index in [9.17, 15) is 4.79 Å². The zero-order chi connectivity index (χ0) is 16.4. The van der Waals surface area contributed by atoms with E-state index >= 15 is 0 Å². The maximum atomic E-state index is 12.3. The fourth-order valence-corrected chi connectivity index (χ4v) is 3.00. The highest BCUT2D eigenvalue weighted by atomic mass is 16.5. The molecule has 2 aliphatic heterocycles. The molecule has 0 aliphatic carbocycles. The van der Waals surface area contributed by atoms with E-state index in [1.165, 1.54) is 0 Å². The lowest BCUT2D eigenvalue weighted by Crippen LogP contribution is -2.45. The molecule has 0 saturated carbocycles. The molecule has 4 N–H and O–H groups in total. The van der Waals surface area contributed by atoms with E-state index in [1.54, 1.807) is 12.4 Å². The molecule has 2 atom stereocenters. The molecule has 1 fully saturated rings. The third-order valence-electron chi connectivity index (χ3n) is 4.24. The number of rotatable bonds is 3. The lowest BCUT2D eigenvalue weighted by molar-refractivity contribution is -0.128. The number of carbonyl (C=O) groups is 1. The van der Waals surface area contributed by atoms with Gasteiger partial charge in [0, 0.05) is 36.7 Å². The number of fused-ring (bicyclic) bond motifs is 1. The van der Waals surface area contributed by atoms with Crippen LogP contribution in [0.1, 0.15) is 17.2 Å². The van der Waals surface area contributed by atoms with Gasteiger partial charge < -0.3 is 20.8 Å². The zero-order valence-electron chi connectivity index (χ0n) is 13.1. The minimum atomic E-state index is -0.445. The van der Waals surface area contributed by atoms with Gasteiger partial charge >= 0.3 is 0 Å². The Morgan fingerprint density at radius 2 is 2.12 bits per heavy atom. The number of nitrogens with one attached hydrogen (secondary N) is 4. The Kier molecular flexibility index (Phi) is 4.12. The molecule has 2 aromatic rings. The lowest BCUT2D eigenvalue weighted by Gasteiger charge is -2.22. The summed E-state index contributed by atoms with van der Waals surface area (Å²) < 4.78 is 5.49. The summed E-state index contributed by atoms with van der Waals surface area (Å²) >= 11 is 0. The van der Waals surface area contributed by atoms with E-state index in [0.29, 0.717) is 13.2 Å². The van der Waals surface area contributed by atoms with Gasteiger partial charge in [-0.25, -0.2) is 5.43 Å². The molecule has 124 valence electrons. The molecule has 0 bridgehead atoms. The third kappa shape index (κ3) is 2.96. The molecular weight excluding hydrogens is 306 g/mol. The van der Waals surface area contributed by atoms with E-state index in [2.05, 4.69) is 26.5 Å². The zero-order valence-corrected chi connectivity index (χ0v) is 13.1. The second kappa shape index (κ2) is 6.56. The summed E-state index contributed by atoms with van der Waals surface area (Å²) in [5.41, 5.74) is 10.4. The number of nitrogens with zero attached hydrogens (tertiary/aromatic N) is 1. The predicted molar refractivity (Wildman–Crippen MR) is 90.5 cm³/mol. The van der Waals surface area contributed by atoms with Gasteiger partial charge in [-0.3, -0.25) is 9.78 Å². The smallest absolute Gasteiger partial charge is 0.254 e. The predicted octanol–water partition coefficient (Wildman–Crippen LogP) is 1.03. The van der Waals surface area contributed by atoms with E-state index in [1.807, 2.05) is 30.3 Å². The summed E-state index contributed by atoms with van der Waals surface area (Å²) in [4.78, 5) is 16.4. The summed E-state index contributed by atoms with van der Waals surface area (Å²) in [6, 6.07) is 9.80. The number of hydrogen-bond donors (Lipinski definition) is 4. The van der Waals surface area contributed by atoms with Gasteiger partial charge in [-0.15, -0.1) is 0 Å². The Morgan fingerprint density at radius 3 is 2.92 bits per heavy atom. The summed E-state index contributed by atoms with van der Waals surface area (Å²) in [7, 11) is 0. The molecule has 4 rings (SSSR count). The van der Waals surface area contributed by atoms with Gasteiger partial charge in [-0.05, 0) is 35.9 Å². The summed E-state index contributed by atoms with van der Waals surface area (Å²) in [6.07, 6.45) is 3.10. The van der Waals surface area contributed by atoms with Crippen LogP contribution in [0.25, 0.3) is 0 Å². The van der Waals surface area contributed by atoms with Crippen molar-refractivity contribution in [3.63, 3.8) is 0 Å². The standard InChI is InChI=1S/C17H19N5O2/c23-17(15-10-19-7-8-24-15)20-12-1-2-14-13(9-12)16(22-21-14)11-3-5-18-6-4-11/h1-6,9,15-16,19,21-22H,7-8,10H2,(H,20,23). The number of amides is 1. The normalized spacial score (nSPS) is 22.5. The first-order chi connectivity index (χ1) is 11.8. The lowest BCUT2D eigenvalue weighted by atomic mass is 10.00. The highest BCUT2D eigenvalue weighted by molar-refractivity contribution is 5.94. The van der Waals surface area contributed by atoms with Gasteiger partial charge in [0.1, 0.15) is 6.10 Å². The molecule has 2 unspecified atom stereocenters. The van der Waals surface area contributed by atoms with Crippen molar-refractivity contribution in [2.75, 3.05) is 30.4 Å². The first-order valence-electron chi connectivity index (χ1n) is 8.00. The van der Waals surface area contributed by atoms with Crippen molar-refractivity contribution in [2.24, 2.45) is 0 Å². The molecule has 7 heteroatoms. The largest absolute Gasteiger partial charge is 0.366 e. The fraction of sp³-hybridized carbons (Fsp3) is 0.294. The van der Waals surface area contributed by atoms with Crippen LogP contribution in [0.15, 0.2) is 42.7 Å². The summed E-state index contributed by atoms with van der Waals surface area (Å²) in [6.45, 7) is 1.88. The third-order valence-corrected chi connectivity index (χ3v) is 4.24. The van der Waals surface area contributed by atoms with Crippen LogP contribution in [-0.2, 0) is 9.53 Å². The van der Waals surface area contributed by atoms with Crippen LogP contribution < -0.4 is 21.5 Å². The Balaban J connectivity index is 1.53. The maximum Gasteiger partial charge on any atom is 0.254 e. The number of aromatic nitrogens is 1. The second-order valence-corrected chi connectivity index (χ2v) is 5.84. The van der Waals surface area contributed by atoms with Crippen LogP contribution in [0, 0.1) is 0 Å². The van der Waals surface area contributed by atoms with Gasteiger partial charge in [-0.2, -0.15) is 0 Å². The van der Waals surface area contributed by atoms with Crippen molar-refractivity contribution in [2.45, 2.75) is 12.1 Å². The van der Waals surface area contributed by atoms with Crippen LogP contribution >= 0.6 is 0 Å². The summed E-state index contributed by atoms with van der Waals surface area (Å²) in [5.74, 6) is -0.124. The van der Waals surface area contributed by atoms with Crippen LogP contribution in [-0.4, -0.2) is 36.7 Å². The molecule has 0 radical (unpaired) electrons. The second-order valence-electron chi connectivity index (χ2n) is 5.84. The first-order valence-corrected chi connectivity index (χ1v) is 8.00. The van der Waals surface area contributed by atoms with Crippen molar-refractivity contribution >= 4 is 17.3 Å². The number of anilines is 2. The quantitative estimate of drug-likeness (QED) is 0.674. The maximum absolute atomic E-state index is 12.3. The molecular formula is C17H19N5O2. The number of hydrogen-bond acceptors (Lipinski definition) is 6. The first kappa shape index (κ1) is 15.1. The average molecular weight is 325 g/mol. The Morgan fingerprint density at radius 1 is 1.25 bits per heavy atom. The molecule has 3 heterocycles. The van der Waals surface area contributed by atoms with Crippen molar-refractivity contribution in [3.8, 4) is 0 Å².